The molecule has 1 amide bonds. The first-order valence-corrected chi connectivity index (χ1v) is 10.9. The van der Waals surface area contributed by atoms with Crippen molar-refractivity contribution >= 4 is 11.9 Å². The summed E-state index contributed by atoms with van der Waals surface area (Å²) >= 11 is 0. The minimum atomic E-state index is -4.17. The highest BCUT2D eigenvalue weighted by Crippen LogP contribution is 2.26. The van der Waals surface area contributed by atoms with Gasteiger partial charge in [-0.05, 0) is 46.2 Å². The van der Waals surface area contributed by atoms with Crippen LogP contribution in [0.1, 0.15) is 51.9 Å². The molecule has 1 heterocycles. The van der Waals surface area contributed by atoms with Crippen LogP contribution in [0.15, 0.2) is 4.99 Å². The van der Waals surface area contributed by atoms with Crippen LogP contribution in [-0.2, 0) is 4.79 Å². The molecule has 0 radical (unpaired) electrons. The highest BCUT2D eigenvalue weighted by atomic mass is 19.4. The Bertz CT molecular complexity index is 535. The number of hydrogen-bond acceptors (Lipinski definition) is 3. The van der Waals surface area contributed by atoms with Crippen LogP contribution in [0.2, 0.25) is 0 Å². The molecule has 168 valence electrons. The monoisotopic (exact) mass is 419 g/mol. The van der Waals surface area contributed by atoms with Crippen molar-refractivity contribution in [3.63, 3.8) is 0 Å². The first-order valence-electron chi connectivity index (χ1n) is 10.9. The predicted octanol–water partition coefficient (Wildman–Crippen LogP) is 2.61. The van der Waals surface area contributed by atoms with Gasteiger partial charge < -0.3 is 15.5 Å². The van der Waals surface area contributed by atoms with Crippen LogP contribution in [0.3, 0.4) is 0 Å². The van der Waals surface area contributed by atoms with E-state index in [2.05, 4.69) is 15.6 Å². The van der Waals surface area contributed by atoms with Gasteiger partial charge in [0.15, 0.2) is 5.96 Å². The average Bonchev–Trinajstić information content (AvgIpc) is 3.12. The lowest BCUT2D eigenvalue weighted by Crippen LogP contribution is -2.45. The fourth-order valence-corrected chi connectivity index (χ4v) is 4.12. The van der Waals surface area contributed by atoms with Crippen LogP contribution in [0, 0.1) is 5.92 Å². The van der Waals surface area contributed by atoms with E-state index in [0.29, 0.717) is 44.5 Å². The maximum atomic E-state index is 12.7. The number of likely N-dealkylation sites (tertiary alicyclic amines) is 1. The van der Waals surface area contributed by atoms with Crippen molar-refractivity contribution in [3.8, 4) is 0 Å². The maximum absolute atomic E-state index is 12.7. The fraction of sp³-hybridized carbons (Fsp3) is 0.900. The van der Waals surface area contributed by atoms with Crippen molar-refractivity contribution in [2.24, 2.45) is 10.9 Å². The smallest absolute Gasteiger partial charge is 0.357 e. The molecule has 1 unspecified atom stereocenters. The molecule has 0 bridgehead atoms. The van der Waals surface area contributed by atoms with E-state index < -0.39 is 12.7 Å². The number of hydrogen-bond donors (Lipinski definition) is 2. The molecule has 1 aliphatic carbocycles. The molecule has 9 heteroatoms. The van der Waals surface area contributed by atoms with Crippen LogP contribution in [0.5, 0.6) is 0 Å². The Morgan fingerprint density at radius 3 is 2.59 bits per heavy atom. The number of rotatable bonds is 8. The number of halogens is 3. The maximum Gasteiger partial charge on any atom is 0.401 e. The molecule has 2 aliphatic rings. The van der Waals surface area contributed by atoms with Gasteiger partial charge in [-0.15, -0.1) is 0 Å². The van der Waals surface area contributed by atoms with Gasteiger partial charge in [-0.1, -0.05) is 19.3 Å². The molecule has 2 rings (SSSR count). The Kier molecular flexibility index (Phi) is 9.52. The second kappa shape index (κ2) is 11.6. The highest BCUT2D eigenvalue weighted by Gasteiger charge is 2.32. The molecule has 1 aliphatic heterocycles. The van der Waals surface area contributed by atoms with E-state index >= 15 is 0 Å². The Hall–Kier alpha value is -1.51. The zero-order chi connectivity index (χ0) is 21.3. The highest BCUT2D eigenvalue weighted by molar-refractivity contribution is 5.81. The van der Waals surface area contributed by atoms with Crippen molar-refractivity contribution in [2.75, 3.05) is 46.3 Å². The van der Waals surface area contributed by atoms with E-state index in [4.69, 9.17) is 0 Å². The van der Waals surface area contributed by atoms with Gasteiger partial charge in [-0.25, -0.2) is 0 Å². The minimum Gasteiger partial charge on any atom is -0.357 e. The number of nitrogens with one attached hydrogen (secondary N) is 2. The normalized spacial score (nSPS) is 21.7. The third-order valence-electron chi connectivity index (χ3n) is 5.56. The van der Waals surface area contributed by atoms with Crippen LogP contribution in [0.25, 0.3) is 0 Å². The van der Waals surface area contributed by atoms with Gasteiger partial charge in [-0.2, -0.15) is 13.2 Å². The lowest BCUT2D eigenvalue weighted by atomic mass is 9.88. The summed E-state index contributed by atoms with van der Waals surface area (Å²) in [5.74, 6) is 1.16. The molecular weight excluding hydrogens is 383 g/mol. The molecular formula is C20H36F3N5O. The Morgan fingerprint density at radius 2 is 1.93 bits per heavy atom. The van der Waals surface area contributed by atoms with Gasteiger partial charge >= 0.3 is 6.18 Å². The second-order valence-corrected chi connectivity index (χ2v) is 8.22. The third kappa shape index (κ3) is 8.80. The standard InChI is InChI=1S/C20H36F3N5O/c1-3-24-19(25-11-7-12-27(2)15-20(21,22)23)26-17-10-13-28(14-17)18(29)16-8-5-4-6-9-16/h16-17H,3-15H2,1-2H3,(H2,24,25,26). The van der Waals surface area contributed by atoms with E-state index in [1.807, 2.05) is 11.8 Å². The molecule has 0 aromatic rings. The van der Waals surface area contributed by atoms with Crippen molar-refractivity contribution < 1.29 is 18.0 Å². The van der Waals surface area contributed by atoms with E-state index in [1.165, 1.54) is 18.4 Å². The summed E-state index contributed by atoms with van der Waals surface area (Å²) in [5.41, 5.74) is 0. The molecule has 2 fully saturated rings. The third-order valence-corrected chi connectivity index (χ3v) is 5.56. The summed E-state index contributed by atoms with van der Waals surface area (Å²) in [5, 5.41) is 6.57. The zero-order valence-electron chi connectivity index (χ0n) is 17.7. The van der Waals surface area contributed by atoms with Crippen molar-refractivity contribution in [2.45, 2.75) is 64.1 Å². The summed E-state index contributed by atoms with van der Waals surface area (Å²) in [6.45, 7) is 4.04. The number of aliphatic imine (C=N–C) groups is 1. The van der Waals surface area contributed by atoms with Crippen LogP contribution in [-0.4, -0.2) is 80.2 Å². The van der Waals surface area contributed by atoms with Gasteiger partial charge in [0.05, 0.1) is 6.54 Å². The average molecular weight is 420 g/mol. The molecule has 6 nitrogen and oxygen atoms in total. The van der Waals surface area contributed by atoms with Crippen molar-refractivity contribution in [1.82, 2.24) is 20.4 Å². The molecule has 0 aromatic heterocycles. The van der Waals surface area contributed by atoms with Crippen molar-refractivity contribution in [1.29, 1.82) is 0 Å². The lowest BCUT2D eigenvalue weighted by Gasteiger charge is -2.26. The summed E-state index contributed by atoms with van der Waals surface area (Å²) in [6, 6.07) is 0.160. The number of amides is 1. The first-order chi connectivity index (χ1) is 13.8. The Morgan fingerprint density at radius 1 is 1.21 bits per heavy atom. The molecule has 1 saturated heterocycles. The summed E-state index contributed by atoms with van der Waals surface area (Å²) in [4.78, 5) is 20.4. The molecule has 29 heavy (non-hydrogen) atoms. The molecule has 2 N–H and O–H groups in total. The van der Waals surface area contributed by atoms with E-state index in [9.17, 15) is 18.0 Å². The zero-order valence-corrected chi connectivity index (χ0v) is 17.7. The van der Waals surface area contributed by atoms with Crippen LogP contribution >= 0.6 is 0 Å². The largest absolute Gasteiger partial charge is 0.401 e. The molecule has 0 aromatic carbocycles. The summed E-state index contributed by atoms with van der Waals surface area (Å²) in [7, 11) is 1.47. The SMILES string of the molecule is CCNC(=NCCCN(C)CC(F)(F)F)NC1CCN(C(=O)C2CCCCC2)C1. The van der Waals surface area contributed by atoms with Gasteiger partial charge in [-0.3, -0.25) is 14.7 Å². The Labute approximate surface area is 172 Å². The predicted molar refractivity (Wildman–Crippen MR) is 109 cm³/mol. The van der Waals surface area contributed by atoms with Crippen LogP contribution < -0.4 is 10.6 Å². The number of nitrogens with zero attached hydrogens (tertiary/aromatic N) is 3. The van der Waals surface area contributed by atoms with E-state index in [0.717, 1.165) is 38.6 Å². The van der Waals surface area contributed by atoms with Gasteiger partial charge in [0.25, 0.3) is 0 Å². The van der Waals surface area contributed by atoms with Crippen molar-refractivity contribution in [3.05, 3.63) is 0 Å². The van der Waals surface area contributed by atoms with Gasteiger partial charge in [0.2, 0.25) is 5.91 Å². The van der Waals surface area contributed by atoms with E-state index in [1.54, 1.807) is 0 Å². The van der Waals surface area contributed by atoms with Gasteiger partial charge in [0.1, 0.15) is 0 Å². The topological polar surface area (TPSA) is 60.0 Å². The summed E-state index contributed by atoms with van der Waals surface area (Å²) < 4.78 is 37.1. The fourth-order valence-electron chi connectivity index (χ4n) is 4.12. The summed E-state index contributed by atoms with van der Waals surface area (Å²) in [6.07, 6.45) is 2.85. The lowest BCUT2D eigenvalue weighted by molar-refractivity contribution is -0.143. The quantitative estimate of drug-likeness (QED) is 0.361. The van der Waals surface area contributed by atoms with Crippen LogP contribution in [0.4, 0.5) is 13.2 Å². The number of carbonyl (C=O) groups excluding carboxylic acids is 1. The first kappa shape index (κ1) is 23.8. The number of carbonyl (C=O) groups is 1. The molecule has 1 atom stereocenters. The molecule has 0 spiro atoms. The van der Waals surface area contributed by atoms with Gasteiger partial charge in [0, 0.05) is 38.1 Å². The Balaban J connectivity index is 1.75. The number of alkyl halides is 3. The minimum absolute atomic E-state index is 0.160. The molecule has 1 saturated carbocycles. The number of guanidine groups is 1. The van der Waals surface area contributed by atoms with E-state index in [-0.39, 0.29) is 12.0 Å². The second-order valence-electron chi connectivity index (χ2n) is 8.22.